The molecule has 2 aliphatic rings. The first-order chi connectivity index (χ1) is 20.5. The maximum atomic E-state index is 15.4. The van der Waals surface area contributed by atoms with Gasteiger partial charge in [-0.15, -0.1) is 0 Å². The van der Waals surface area contributed by atoms with Crippen molar-refractivity contribution in [2.75, 3.05) is 19.1 Å². The van der Waals surface area contributed by atoms with E-state index in [0.29, 0.717) is 5.56 Å². The number of rotatable bonds is 5. The van der Waals surface area contributed by atoms with Crippen molar-refractivity contribution in [3.8, 4) is 0 Å². The van der Waals surface area contributed by atoms with Crippen LogP contribution in [0.5, 0.6) is 0 Å². The second-order valence-corrected chi connectivity index (χ2v) is 10.1. The molecule has 0 aromatic heterocycles. The van der Waals surface area contributed by atoms with Crippen LogP contribution in [0.3, 0.4) is 0 Å². The number of methoxy groups -OCH3 is 2. The van der Waals surface area contributed by atoms with Crippen molar-refractivity contribution in [3.63, 3.8) is 0 Å². The molecular weight excluding hydrogens is 568 g/mol. The average Bonchev–Trinajstić information content (AvgIpc) is 3.00. The van der Waals surface area contributed by atoms with Crippen LogP contribution in [0.25, 0.3) is 0 Å². The summed E-state index contributed by atoms with van der Waals surface area (Å²) in [6.45, 7) is 0. The number of nitrogens with zero attached hydrogens (tertiary/aromatic N) is 1. The Bertz CT molecular complexity index is 1670. The number of hydrogen-bond donors (Lipinski definition) is 1. The Morgan fingerprint density at radius 2 is 1.60 bits per heavy atom. The third-order valence-electron chi connectivity index (χ3n) is 7.77. The molecule has 0 spiro atoms. The lowest BCUT2D eigenvalue weighted by Gasteiger charge is -2.44. The van der Waals surface area contributed by atoms with E-state index in [1.807, 2.05) is 0 Å². The molecule has 3 unspecified atom stereocenters. The first-order valence-corrected chi connectivity index (χ1v) is 13.2. The summed E-state index contributed by atoms with van der Waals surface area (Å²) in [4.78, 5) is 42.2. The van der Waals surface area contributed by atoms with E-state index in [-0.39, 0.29) is 40.3 Å². The number of halogens is 4. The number of esters is 2. The smallest absolute Gasteiger partial charge is 0.416 e. The summed E-state index contributed by atoms with van der Waals surface area (Å²) in [6.07, 6.45) is -4.80. The Hall–Kier alpha value is -4.93. The van der Waals surface area contributed by atoms with E-state index >= 15 is 4.39 Å². The zero-order valence-electron chi connectivity index (χ0n) is 23.0. The quantitative estimate of drug-likeness (QED) is 0.234. The van der Waals surface area contributed by atoms with Crippen LogP contribution in [0.1, 0.15) is 34.9 Å². The standard InChI is InChI=1S/C32H26F4N2O5/c1-42-30(40)25-21(17-9-4-3-5-10-17)16-23-26(28(25)39)24(20-13-6-7-14-22(20)33)27(31(41)43-2)29(37)38(23)19-12-8-11-18(15-19)32(34,35)36/h3-15,21,24-25H,16,37H2,1-2H3. The van der Waals surface area contributed by atoms with Gasteiger partial charge in [-0.05, 0) is 36.2 Å². The lowest BCUT2D eigenvalue weighted by atomic mass is 9.67. The Morgan fingerprint density at radius 3 is 2.23 bits per heavy atom. The van der Waals surface area contributed by atoms with E-state index in [1.165, 1.54) is 35.2 Å². The van der Waals surface area contributed by atoms with E-state index in [2.05, 4.69) is 0 Å². The Balaban J connectivity index is 1.86. The Labute approximate surface area is 244 Å². The highest BCUT2D eigenvalue weighted by Gasteiger charge is 2.51. The number of ether oxygens (including phenoxy) is 2. The summed E-state index contributed by atoms with van der Waals surface area (Å²) >= 11 is 0. The van der Waals surface area contributed by atoms with Gasteiger partial charge in [0.05, 0.1) is 31.3 Å². The van der Waals surface area contributed by atoms with Crippen LogP contribution in [-0.4, -0.2) is 31.9 Å². The summed E-state index contributed by atoms with van der Waals surface area (Å²) in [6, 6.07) is 18.3. The Kier molecular flexibility index (Phi) is 7.83. The number of benzene rings is 3. The molecule has 43 heavy (non-hydrogen) atoms. The fourth-order valence-corrected chi connectivity index (χ4v) is 5.88. The molecule has 3 atom stereocenters. The zero-order valence-corrected chi connectivity index (χ0v) is 23.0. The van der Waals surface area contributed by atoms with Crippen molar-refractivity contribution in [1.29, 1.82) is 0 Å². The number of allylic oxidation sites excluding steroid dienone is 2. The highest BCUT2D eigenvalue weighted by molar-refractivity contribution is 6.14. The minimum atomic E-state index is -4.71. The van der Waals surface area contributed by atoms with Crippen molar-refractivity contribution in [3.05, 3.63) is 124 Å². The van der Waals surface area contributed by atoms with Crippen LogP contribution in [0.2, 0.25) is 0 Å². The van der Waals surface area contributed by atoms with Gasteiger partial charge in [0.1, 0.15) is 17.6 Å². The predicted octanol–water partition coefficient (Wildman–Crippen LogP) is 5.59. The molecule has 11 heteroatoms. The van der Waals surface area contributed by atoms with Gasteiger partial charge in [-0.3, -0.25) is 14.5 Å². The Morgan fingerprint density at radius 1 is 0.930 bits per heavy atom. The van der Waals surface area contributed by atoms with Gasteiger partial charge in [0, 0.05) is 28.4 Å². The number of alkyl halides is 3. The molecule has 0 radical (unpaired) electrons. The number of nitrogens with two attached hydrogens (primary N) is 1. The van der Waals surface area contributed by atoms with Crippen molar-refractivity contribution in [2.24, 2.45) is 11.7 Å². The summed E-state index contributed by atoms with van der Waals surface area (Å²) in [5.41, 5.74) is 5.58. The van der Waals surface area contributed by atoms with Crippen molar-refractivity contribution in [1.82, 2.24) is 0 Å². The summed E-state index contributed by atoms with van der Waals surface area (Å²) in [5.74, 6) is -7.41. The highest BCUT2D eigenvalue weighted by Crippen LogP contribution is 2.52. The van der Waals surface area contributed by atoms with Crippen LogP contribution in [-0.2, 0) is 30.0 Å². The SMILES string of the molecule is COC(=O)C1=C(N)N(c2cccc(C(F)(F)F)c2)C2=C(C(=O)C(C(=O)OC)C(c3ccccc3)C2)C1c1ccccc1F. The van der Waals surface area contributed by atoms with Gasteiger partial charge in [0.25, 0.3) is 0 Å². The molecule has 0 saturated heterocycles. The zero-order chi connectivity index (χ0) is 31.1. The molecule has 1 heterocycles. The first kappa shape index (κ1) is 29.6. The molecular formula is C32H26F4N2O5. The number of carbonyl (C=O) groups excluding carboxylic acids is 3. The molecule has 3 aromatic carbocycles. The molecule has 0 saturated carbocycles. The summed E-state index contributed by atoms with van der Waals surface area (Å²) in [5, 5.41) is 0. The monoisotopic (exact) mass is 594 g/mol. The van der Waals surface area contributed by atoms with Crippen molar-refractivity contribution >= 4 is 23.4 Å². The second-order valence-electron chi connectivity index (χ2n) is 10.1. The predicted molar refractivity (Wildman–Crippen MR) is 148 cm³/mol. The molecule has 0 bridgehead atoms. The van der Waals surface area contributed by atoms with E-state index in [0.717, 1.165) is 32.4 Å². The minimum absolute atomic E-state index is 0.0821. The van der Waals surface area contributed by atoms with Crippen LogP contribution in [0.4, 0.5) is 23.2 Å². The summed E-state index contributed by atoms with van der Waals surface area (Å²) in [7, 11) is 2.19. The van der Waals surface area contributed by atoms with Gasteiger partial charge in [-0.25, -0.2) is 9.18 Å². The van der Waals surface area contributed by atoms with Gasteiger partial charge in [0.2, 0.25) is 0 Å². The van der Waals surface area contributed by atoms with Crippen LogP contribution in [0, 0.1) is 11.7 Å². The number of Topliss-reactive ketones (excluding diaryl/α,β-unsaturated/α-hetero) is 1. The lowest BCUT2D eigenvalue weighted by molar-refractivity contribution is -0.150. The normalized spacial score (nSPS) is 20.6. The molecule has 222 valence electrons. The van der Waals surface area contributed by atoms with E-state index in [9.17, 15) is 27.6 Å². The third kappa shape index (κ3) is 5.15. The lowest BCUT2D eigenvalue weighted by Crippen LogP contribution is -2.46. The van der Waals surface area contributed by atoms with Crippen LogP contribution >= 0.6 is 0 Å². The van der Waals surface area contributed by atoms with E-state index in [4.69, 9.17) is 15.2 Å². The number of hydrogen-bond acceptors (Lipinski definition) is 7. The number of anilines is 1. The third-order valence-corrected chi connectivity index (χ3v) is 7.77. The topological polar surface area (TPSA) is 98.9 Å². The number of ketones is 1. The fourth-order valence-electron chi connectivity index (χ4n) is 5.88. The first-order valence-electron chi connectivity index (χ1n) is 13.2. The summed E-state index contributed by atoms with van der Waals surface area (Å²) < 4.78 is 66.8. The molecule has 5 rings (SSSR count). The maximum absolute atomic E-state index is 15.4. The van der Waals surface area contributed by atoms with Gasteiger partial charge in [-0.2, -0.15) is 13.2 Å². The van der Waals surface area contributed by atoms with Crippen molar-refractivity contribution in [2.45, 2.75) is 24.4 Å². The van der Waals surface area contributed by atoms with E-state index in [1.54, 1.807) is 30.3 Å². The van der Waals surface area contributed by atoms with Gasteiger partial charge in [-0.1, -0.05) is 54.6 Å². The average molecular weight is 595 g/mol. The molecule has 3 aromatic rings. The minimum Gasteiger partial charge on any atom is -0.468 e. The second kappa shape index (κ2) is 11.4. The molecule has 1 aliphatic carbocycles. The van der Waals surface area contributed by atoms with E-state index < -0.39 is 53.0 Å². The molecule has 0 amide bonds. The van der Waals surface area contributed by atoms with Gasteiger partial charge in [0.15, 0.2) is 5.78 Å². The van der Waals surface area contributed by atoms with Crippen LogP contribution in [0.15, 0.2) is 102 Å². The van der Waals surface area contributed by atoms with Crippen molar-refractivity contribution < 1.29 is 41.4 Å². The largest absolute Gasteiger partial charge is 0.468 e. The number of carbonyl (C=O) groups is 3. The highest BCUT2D eigenvalue weighted by atomic mass is 19.4. The van der Waals surface area contributed by atoms with Gasteiger partial charge >= 0.3 is 18.1 Å². The molecule has 2 N–H and O–H groups in total. The maximum Gasteiger partial charge on any atom is 0.416 e. The molecule has 0 fully saturated rings. The fraction of sp³-hybridized carbons (Fsp3) is 0.219. The van der Waals surface area contributed by atoms with Crippen LogP contribution < -0.4 is 10.6 Å². The molecule has 1 aliphatic heterocycles. The van der Waals surface area contributed by atoms with Gasteiger partial charge < -0.3 is 15.2 Å². The molecule has 7 nitrogen and oxygen atoms in total.